The summed E-state index contributed by atoms with van der Waals surface area (Å²) in [5.41, 5.74) is 0.948. The molecular formula is C20H21BrClNO4. The van der Waals surface area contributed by atoms with Crippen LogP contribution in [0, 0.1) is 0 Å². The van der Waals surface area contributed by atoms with Gasteiger partial charge in [-0.3, -0.25) is 4.79 Å². The molecular weight excluding hydrogens is 434 g/mol. The molecule has 1 saturated heterocycles. The lowest BCUT2D eigenvalue weighted by Crippen LogP contribution is -2.34. The number of likely N-dealkylation sites (tertiary alicyclic amines) is 1. The van der Waals surface area contributed by atoms with Crippen LogP contribution in [-0.4, -0.2) is 38.2 Å². The average molecular weight is 455 g/mol. The summed E-state index contributed by atoms with van der Waals surface area (Å²) in [7, 11) is 3.25. The summed E-state index contributed by atoms with van der Waals surface area (Å²) >= 11 is 9.51. The molecule has 0 aromatic heterocycles. The first-order valence-corrected chi connectivity index (χ1v) is 9.80. The molecule has 3 rings (SSSR count). The second kappa shape index (κ2) is 8.85. The summed E-state index contributed by atoms with van der Waals surface area (Å²) in [4.78, 5) is 14.6. The van der Waals surface area contributed by atoms with Gasteiger partial charge in [-0.05, 0) is 49.2 Å². The van der Waals surface area contributed by atoms with Crippen LogP contribution in [0.25, 0.3) is 0 Å². The number of amides is 1. The number of rotatable bonds is 6. The highest BCUT2D eigenvalue weighted by atomic mass is 79.9. The molecule has 144 valence electrons. The fraction of sp³-hybridized carbons (Fsp3) is 0.350. The van der Waals surface area contributed by atoms with Gasteiger partial charge >= 0.3 is 0 Å². The fourth-order valence-electron chi connectivity index (χ4n) is 3.30. The van der Waals surface area contributed by atoms with Crippen molar-refractivity contribution in [2.45, 2.75) is 18.9 Å². The van der Waals surface area contributed by atoms with Crippen molar-refractivity contribution in [3.63, 3.8) is 0 Å². The van der Waals surface area contributed by atoms with Crippen LogP contribution >= 0.6 is 27.5 Å². The summed E-state index contributed by atoms with van der Waals surface area (Å²) in [6.07, 6.45) is 1.80. The van der Waals surface area contributed by atoms with Gasteiger partial charge in [0.05, 0.1) is 25.3 Å². The van der Waals surface area contributed by atoms with E-state index in [9.17, 15) is 4.79 Å². The van der Waals surface area contributed by atoms with Gasteiger partial charge in [-0.15, -0.1) is 0 Å². The number of halogens is 2. The molecule has 1 fully saturated rings. The Morgan fingerprint density at radius 1 is 1.19 bits per heavy atom. The Balaban J connectivity index is 1.75. The highest BCUT2D eigenvalue weighted by Crippen LogP contribution is 2.39. The number of methoxy groups -OCH3 is 2. The lowest BCUT2D eigenvalue weighted by molar-refractivity contribution is -0.134. The zero-order valence-electron chi connectivity index (χ0n) is 15.2. The lowest BCUT2D eigenvalue weighted by Gasteiger charge is -2.26. The summed E-state index contributed by atoms with van der Waals surface area (Å²) in [5.74, 6) is 1.89. The predicted octanol–water partition coefficient (Wildman–Crippen LogP) is 4.86. The molecule has 5 nitrogen and oxygen atoms in total. The van der Waals surface area contributed by atoms with Crippen LogP contribution in [0.4, 0.5) is 0 Å². The molecule has 1 aliphatic heterocycles. The standard InChI is InChI=1S/C20H21BrClNO4/c1-25-14-6-8-18(26-2)15(11-14)17-4-3-9-23(17)20(24)12-27-19-7-5-13(21)10-16(19)22/h5-8,10-11,17H,3-4,9,12H2,1-2H3/t17-/m0/s1. The van der Waals surface area contributed by atoms with Crippen molar-refractivity contribution >= 4 is 33.4 Å². The topological polar surface area (TPSA) is 48.0 Å². The number of carbonyl (C=O) groups is 1. The molecule has 0 radical (unpaired) electrons. The molecule has 2 aromatic carbocycles. The number of benzene rings is 2. The van der Waals surface area contributed by atoms with Crippen LogP contribution in [0.5, 0.6) is 17.2 Å². The number of carbonyl (C=O) groups excluding carboxylic acids is 1. The van der Waals surface area contributed by atoms with E-state index in [1.165, 1.54) is 0 Å². The van der Waals surface area contributed by atoms with Crippen LogP contribution in [0.2, 0.25) is 5.02 Å². The maximum atomic E-state index is 12.8. The van der Waals surface area contributed by atoms with Crippen molar-refractivity contribution in [1.29, 1.82) is 0 Å². The van der Waals surface area contributed by atoms with Gasteiger partial charge < -0.3 is 19.1 Å². The van der Waals surface area contributed by atoms with Crippen LogP contribution in [0.1, 0.15) is 24.4 Å². The molecule has 1 aliphatic rings. The van der Waals surface area contributed by atoms with E-state index >= 15 is 0 Å². The maximum Gasteiger partial charge on any atom is 0.261 e. The van der Waals surface area contributed by atoms with Crippen LogP contribution in [-0.2, 0) is 4.79 Å². The Morgan fingerprint density at radius 2 is 1.96 bits per heavy atom. The Hall–Kier alpha value is -1.92. The largest absolute Gasteiger partial charge is 0.497 e. The van der Waals surface area contributed by atoms with Crippen molar-refractivity contribution in [1.82, 2.24) is 4.90 Å². The molecule has 0 spiro atoms. The molecule has 1 atom stereocenters. The van der Waals surface area contributed by atoms with Gasteiger partial charge in [0.25, 0.3) is 5.91 Å². The quantitative estimate of drug-likeness (QED) is 0.625. The fourth-order valence-corrected chi connectivity index (χ4v) is 4.03. The Morgan fingerprint density at radius 3 is 2.67 bits per heavy atom. The van der Waals surface area contributed by atoms with E-state index in [2.05, 4.69) is 15.9 Å². The minimum absolute atomic E-state index is 0.0634. The van der Waals surface area contributed by atoms with Gasteiger partial charge in [0.2, 0.25) is 0 Å². The number of ether oxygens (including phenoxy) is 3. The molecule has 0 N–H and O–H groups in total. The summed E-state index contributed by atoms with van der Waals surface area (Å²) in [6, 6.07) is 10.9. The van der Waals surface area contributed by atoms with E-state index in [1.54, 1.807) is 26.4 Å². The first kappa shape index (κ1) is 19.8. The monoisotopic (exact) mass is 453 g/mol. The Kier molecular flexibility index (Phi) is 6.50. The van der Waals surface area contributed by atoms with Crippen LogP contribution < -0.4 is 14.2 Å². The second-order valence-corrected chi connectivity index (χ2v) is 7.54. The first-order chi connectivity index (χ1) is 13.0. The van der Waals surface area contributed by atoms with Crippen molar-refractivity contribution in [3.05, 3.63) is 51.5 Å². The Bertz CT molecular complexity index is 830. The third-order valence-corrected chi connectivity index (χ3v) is 5.40. The van der Waals surface area contributed by atoms with Gasteiger partial charge in [-0.2, -0.15) is 0 Å². The van der Waals surface area contributed by atoms with Gasteiger partial charge in [0, 0.05) is 16.6 Å². The van der Waals surface area contributed by atoms with Crippen LogP contribution in [0.3, 0.4) is 0 Å². The average Bonchev–Trinajstić information content (AvgIpc) is 3.16. The number of nitrogens with zero attached hydrogens (tertiary/aromatic N) is 1. The minimum Gasteiger partial charge on any atom is -0.497 e. The molecule has 7 heteroatoms. The van der Waals surface area contributed by atoms with E-state index in [0.717, 1.165) is 34.4 Å². The molecule has 0 aliphatic carbocycles. The van der Waals surface area contributed by atoms with Gasteiger partial charge in [0.1, 0.15) is 17.2 Å². The third kappa shape index (κ3) is 4.50. The van der Waals surface area contributed by atoms with Crippen molar-refractivity contribution in [2.75, 3.05) is 27.4 Å². The zero-order valence-corrected chi connectivity index (χ0v) is 17.5. The van der Waals surface area contributed by atoms with E-state index in [4.69, 9.17) is 25.8 Å². The van der Waals surface area contributed by atoms with E-state index < -0.39 is 0 Å². The molecule has 0 bridgehead atoms. The van der Waals surface area contributed by atoms with Gasteiger partial charge in [-0.1, -0.05) is 27.5 Å². The normalized spacial score (nSPS) is 16.3. The SMILES string of the molecule is COc1ccc(OC)c([C@@H]2CCCN2C(=O)COc2ccc(Br)cc2Cl)c1. The predicted molar refractivity (Wildman–Crippen MR) is 108 cm³/mol. The Labute approximate surface area is 172 Å². The van der Waals surface area contributed by atoms with E-state index in [1.807, 2.05) is 29.2 Å². The van der Waals surface area contributed by atoms with Crippen LogP contribution in [0.15, 0.2) is 40.9 Å². The minimum atomic E-state index is -0.0821. The first-order valence-electron chi connectivity index (χ1n) is 8.62. The second-order valence-electron chi connectivity index (χ2n) is 6.22. The molecule has 1 heterocycles. The molecule has 2 aromatic rings. The maximum absolute atomic E-state index is 12.8. The summed E-state index contributed by atoms with van der Waals surface area (Å²) < 4.78 is 17.3. The highest BCUT2D eigenvalue weighted by Gasteiger charge is 2.32. The van der Waals surface area contributed by atoms with Gasteiger partial charge in [0.15, 0.2) is 6.61 Å². The molecule has 27 heavy (non-hydrogen) atoms. The smallest absolute Gasteiger partial charge is 0.261 e. The molecule has 1 amide bonds. The summed E-state index contributed by atoms with van der Waals surface area (Å²) in [5, 5.41) is 0.463. The van der Waals surface area contributed by atoms with Gasteiger partial charge in [-0.25, -0.2) is 0 Å². The van der Waals surface area contributed by atoms with Crippen molar-refractivity contribution < 1.29 is 19.0 Å². The van der Waals surface area contributed by atoms with E-state index in [0.29, 0.717) is 17.3 Å². The number of hydrogen-bond acceptors (Lipinski definition) is 4. The number of hydrogen-bond donors (Lipinski definition) is 0. The third-order valence-electron chi connectivity index (χ3n) is 4.61. The lowest BCUT2D eigenvalue weighted by atomic mass is 10.0. The zero-order chi connectivity index (χ0) is 19.4. The molecule has 0 saturated carbocycles. The van der Waals surface area contributed by atoms with E-state index in [-0.39, 0.29) is 18.6 Å². The van der Waals surface area contributed by atoms with Crippen molar-refractivity contribution in [2.24, 2.45) is 0 Å². The summed E-state index contributed by atoms with van der Waals surface area (Å²) in [6.45, 7) is 0.616. The van der Waals surface area contributed by atoms with Crippen molar-refractivity contribution in [3.8, 4) is 17.2 Å². The molecule has 0 unspecified atom stereocenters. The highest BCUT2D eigenvalue weighted by molar-refractivity contribution is 9.10.